The van der Waals surface area contributed by atoms with E-state index in [2.05, 4.69) is 29.3 Å². The van der Waals surface area contributed by atoms with Crippen LogP contribution in [-0.2, 0) is 11.3 Å². The predicted molar refractivity (Wildman–Crippen MR) is 123 cm³/mol. The minimum absolute atomic E-state index is 0.200. The van der Waals surface area contributed by atoms with E-state index in [0.29, 0.717) is 29.1 Å². The van der Waals surface area contributed by atoms with Crippen LogP contribution in [0.5, 0.6) is 0 Å². The number of nitrogens with zero attached hydrogens (tertiary/aromatic N) is 2. The Hall–Kier alpha value is -4.25. The minimum Gasteiger partial charge on any atom is -0.366 e. The zero-order valence-electron chi connectivity index (χ0n) is 16.7. The molecule has 0 aliphatic carbocycles. The zero-order chi connectivity index (χ0) is 21.4. The third kappa shape index (κ3) is 3.46. The van der Waals surface area contributed by atoms with Crippen LogP contribution in [0.3, 0.4) is 0 Å². The van der Waals surface area contributed by atoms with Gasteiger partial charge < -0.3 is 10.6 Å². The first-order valence-electron chi connectivity index (χ1n) is 9.98. The average Bonchev–Trinajstić information content (AvgIpc) is 3.05. The summed E-state index contributed by atoms with van der Waals surface area (Å²) in [5.41, 5.74) is 9.16. The number of benzene rings is 4. The van der Waals surface area contributed by atoms with Gasteiger partial charge in [-0.15, -0.1) is 0 Å². The van der Waals surface area contributed by atoms with E-state index in [1.165, 1.54) is 0 Å². The molecule has 1 aliphatic rings. The fourth-order valence-corrected chi connectivity index (χ4v) is 3.88. The number of nitrogens with two attached hydrogens (primary N) is 1. The van der Waals surface area contributed by atoms with E-state index in [1.54, 1.807) is 23.1 Å². The summed E-state index contributed by atoms with van der Waals surface area (Å²) in [4.78, 5) is 31.4. The molecule has 4 aromatic rings. The molecule has 2 N–H and O–H groups in total. The number of anilines is 1. The van der Waals surface area contributed by atoms with Gasteiger partial charge in [-0.2, -0.15) is 0 Å². The Morgan fingerprint density at radius 3 is 2.35 bits per heavy atom. The molecule has 31 heavy (non-hydrogen) atoms. The standard InChI is InChI=1S/C26H19N3O2/c27-25(30)20-12-13-23-22(15-20)24(28-21-8-2-1-3-9-21)26(31)29(23)16-17-10-11-18-6-4-5-7-19(18)14-17/h1-15H,16H2,(H2,27,30). The Bertz CT molecular complexity index is 1360. The first-order chi connectivity index (χ1) is 15.1. The van der Waals surface area contributed by atoms with Crippen LogP contribution in [0.25, 0.3) is 10.8 Å². The third-order valence-electron chi connectivity index (χ3n) is 5.43. The lowest BCUT2D eigenvalue weighted by molar-refractivity contribution is -0.112. The van der Waals surface area contributed by atoms with Crippen molar-refractivity contribution in [3.8, 4) is 0 Å². The number of fused-ring (bicyclic) bond motifs is 2. The van der Waals surface area contributed by atoms with E-state index in [4.69, 9.17) is 5.73 Å². The predicted octanol–water partition coefficient (Wildman–Crippen LogP) is 4.61. The summed E-state index contributed by atoms with van der Waals surface area (Å²) >= 11 is 0. The number of hydrogen-bond donors (Lipinski definition) is 1. The van der Waals surface area contributed by atoms with Crippen molar-refractivity contribution in [1.29, 1.82) is 0 Å². The summed E-state index contributed by atoms with van der Waals surface area (Å²) in [6.07, 6.45) is 0. The van der Waals surface area contributed by atoms with E-state index >= 15 is 0 Å². The Kier molecular flexibility index (Phi) is 4.56. The van der Waals surface area contributed by atoms with Gasteiger partial charge in [0.05, 0.1) is 17.9 Å². The van der Waals surface area contributed by atoms with Gasteiger partial charge in [0.1, 0.15) is 5.71 Å². The molecule has 5 rings (SSSR count). The van der Waals surface area contributed by atoms with Crippen LogP contribution in [0.4, 0.5) is 11.4 Å². The lowest BCUT2D eigenvalue weighted by Gasteiger charge is -2.17. The van der Waals surface area contributed by atoms with Gasteiger partial charge in [-0.1, -0.05) is 54.6 Å². The van der Waals surface area contributed by atoms with Gasteiger partial charge in [-0.25, -0.2) is 4.99 Å². The molecule has 1 aliphatic heterocycles. The highest BCUT2D eigenvalue weighted by atomic mass is 16.2. The molecule has 0 unspecified atom stereocenters. The fraction of sp³-hybridized carbons (Fsp3) is 0.0385. The van der Waals surface area contributed by atoms with Crippen LogP contribution in [-0.4, -0.2) is 17.5 Å². The molecular formula is C26H19N3O2. The maximum Gasteiger partial charge on any atom is 0.277 e. The maximum atomic E-state index is 13.4. The summed E-state index contributed by atoms with van der Waals surface area (Å²) < 4.78 is 0. The number of aliphatic imine (C=N–C) groups is 1. The topological polar surface area (TPSA) is 75.8 Å². The highest BCUT2D eigenvalue weighted by Gasteiger charge is 2.34. The van der Waals surface area contributed by atoms with E-state index < -0.39 is 5.91 Å². The van der Waals surface area contributed by atoms with Gasteiger partial charge in [0.25, 0.3) is 5.91 Å². The van der Waals surface area contributed by atoms with Gasteiger partial charge >= 0.3 is 0 Å². The second-order valence-electron chi connectivity index (χ2n) is 7.46. The van der Waals surface area contributed by atoms with Gasteiger partial charge in [0.15, 0.2) is 0 Å². The van der Waals surface area contributed by atoms with Gasteiger partial charge in [0, 0.05) is 11.1 Å². The minimum atomic E-state index is -0.540. The molecule has 0 saturated carbocycles. The number of rotatable bonds is 4. The Morgan fingerprint density at radius 2 is 1.58 bits per heavy atom. The molecular weight excluding hydrogens is 386 g/mol. The van der Waals surface area contributed by atoms with Crippen LogP contribution in [0.2, 0.25) is 0 Å². The molecule has 5 nitrogen and oxygen atoms in total. The quantitative estimate of drug-likeness (QED) is 0.538. The molecule has 0 fully saturated rings. The average molecular weight is 405 g/mol. The van der Waals surface area contributed by atoms with E-state index in [1.807, 2.05) is 48.5 Å². The first kappa shape index (κ1) is 18.8. The number of hydrogen-bond acceptors (Lipinski definition) is 3. The van der Waals surface area contributed by atoms with Crippen molar-refractivity contribution in [3.63, 3.8) is 0 Å². The summed E-state index contributed by atoms with van der Waals surface area (Å²) in [7, 11) is 0. The van der Waals surface area contributed by atoms with Crippen LogP contribution in [0.1, 0.15) is 21.5 Å². The van der Waals surface area contributed by atoms with Crippen molar-refractivity contribution in [2.75, 3.05) is 4.90 Å². The molecule has 0 spiro atoms. The summed E-state index contributed by atoms with van der Waals surface area (Å²) in [5, 5.41) is 2.27. The van der Waals surface area contributed by atoms with Crippen LogP contribution < -0.4 is 10.6 Å². The summed E-state index contributed by atoms with van der Waals surface area (Å²) in [6, 6.07) is 28.7. The number of amides is 2. The molecule has 0 saturated heterocycles. The molecule has 0 radical (unpaired) electrons. The molecule has 150 valence electrons. The van der Waals surface area contributed by atoms with E-state index in [0.717, 1.165) is 22.0 Å². The fourth-order valence-electron chi connectivity index (χ4n) is 3.88. The normalized spacial score (nSPS) is 14.3. The van der Waals surface area contributed by atoms with E-state index in [-0.39, 0.29) is 5.91 Å². The molecule has 1 heterocycles. The van der Waals surface area contributed by atoms with Crippen molar-refractivity contribution in [1.82, 2.24) is 0 Å². The Morgan fingerprint density at radius 1 is 0.839 bits per heavy atom. The van der Waals surface area contributed by atoms with Crippen molar-refractivity contribution >= 4 is 39.7 Å². The number of carbonyl (C=O) groups excluding carboxylic acids is 2. The smallest absolute Gasteiger partial charge is 0.277 e. The van der Waals surface area contributed by atoms with Gasteiger partial charge in [-0.05, 0) is 52.7 Å². The zero-order valence-corrected chi connectivity index (χ0v) is 16.7. The van der Waals surface area contributed by atoms with Crippen molar-refractivity contribution in [3.05, 3.63) is 108 Å². The second-order valence-corrected chi connectivity index (χ2v) is 7.46. The van der Waals surface area contributed by atoms with E-state index in [9.17, 15) is 9.59 Å². The van der Waals surface area contributed by atoms with Gasteiger partial charge in [0.2, 0.25) is 5.91 Å². The van der Waals surface area contributed by atoms with Crippen molar-refractivity contribution < 1.29 is 9.59 Å². The molecule has 0 aromatic heterocycles. The lowest BCUT2D eigenvalue weighted by Crippen LogP contribution is -2.29. The Labute approximate surface area is 179 Å². The lowest BCUT2D eigenvalue weighted by atomic mass is 10.1. The van der Waals surface area contributed by atoms with Crippen molar-refractivity contribution in [2.24, 2.45) is 10.7 Å². The monoisotopic (exact) mass is 405 g/mol. The number of primary amides is 1. The highest BCUT2D eigenvalue weighted by molar-refractivity contribution is 6.54. The SMILES string of the molecule is NC(=O)c1ccc2c(c1)C(=Nc1ccccc1)C(=O)N2Cc1ccc2ccccc2c1. The number of para-hydroxylation sites is 1. The molecule has 0 atom stereocenters. The van der Waals surface area contributed by atoms with Gasteiger partial charge in [-0.3, -0.25) is 9.59 Å². The highest BCUT2D eigenvalue weighted by Crippen LogP contribution is 2.33. The Balaban J connectivity index is 1.59. The maximum absolute atomic E-state index is 13.4. The third-order valence-corrected chi connectivity index (χ3v) is 5.43. The molecule has 4 aromatic carbocycles. The molecule has 2 amide bonds. The van der Waals surface area contributed by atoms with Crippen LogP contribution in [0, 0.1) is 0 Å². The van der Waals surface area contributed by atoms with Crippen molar-refractivity contribution in [2.45, 2.75) is 6.54 Å². The largest absolute Gasteiger partial charge is 0.366 e. The molecule has 5 heteroatoms. The summed E-state index contributed by atoms with van der Waals surface area (Å²) in [5.74, 6) is -0.740. The number of carbonyl (C=O) groups is 2. The second kappa shape index (κ2) is 7.54. The molecule has 0 bridgehead atoms. The van der Waals surface area contributed by atoms with Crippen LogP contribution >= 0.6 is 0 Å². The summed E-state index contributed by atoms with van der Waals surface area (Å²) in [6.45, 7) is 0.403. The first-order valence-corrected chi connectivity index (χ1v) is 9.98. The van der Waals surface area contributed by atoms with Crippen LogP contribution in [0.15, 0.2) is 96.0 Å².